The largest absolute Gasteiger partial charge is 0.494 e. The van der Waals surface area contributed by atoms with Crippen molar-refractivity contribution in [3.8, 4) is 5.75 Å². The van der Waals surface area contributed by atoms with Gasteiger partial charge in [0.2, 0.25) is 5.90 Å². The number of hydrogen-bond acceptors (Lipinski definition) is 7. The molecule has 0 saturated carbocycles. The first kappa shape index (κ1) is 28.0. The molecule has 0 aromatic heterocycles. The molecule has 0 unspecified atom stereocenters. The van der Waals surface area contributed by atoms with E-state index in [0.29, 0.717) is 46.8 Å². The number of nitrogens with zero attached hydrogens (tertiary/aromatic N) is 8. The maximum Gasteiger partial charge on any atom is 0.254 e. The second-order valence-corrected chi connectivity index (χ2v) is 9.23. The second-order valence-electron chi connectivity index (χ2n) is 9.23. The summed E-state index contributed by atoms with van der Waals surface area (Å²) in [6.45, 7) is 0.406. The molecule has 1 heterocycles. The topological polar surface area (TPSA) is 169 Å². The van der Waals surface area contributed by atoms with Crippen LogP contribution in [-0.4, -0.2) is 54.7 Å². The Morgan fingerprint density at radius 3 is 2.35 bits per heavy atom. The van der Waals surface area contributed by atoms with E-state index in [0.717, 1.165) is 0 Å². The molecule has 1 N–H and O–H groups in total. The maximum absolute atomic E-state index is 14.1. The summed E-state index contributed by atoms with van der Waals surface area (Å²) in [5.41, 5.74) is 19.2. The van der Waals surface area contributed by atoms with E-state index in [1.165, 1.54) is 4.90 Å². The summed E-state index contributed by atoms with van der Waals surface area (Å²) in [4.78, 5) is 26.3. The minimum Gasteiger partial charge on any atom is -0.494 e. The number of aliphatic hydroxyl groups is 1. The van der Waals surface area contributed by atoms with Gasteiger partial charge in [-0.25, -0.2) is 4.99 Å². The van der Waals surface area contributed by atoms with Crippen molar-refractivity contribution in [2.45, 2.75) is 24.5 Å². The number of hydrogen-bond donors (Lipinski definition) is 1. The lowest BCUT2D eigenvalue weighted by Gasteiger charge is -2.33. The fraction of sp³-hybridized carbons (Fsp3) is 0.286. The molecule has 40 heavy (non-hydrogen) atoms. The lowest BCUT2D eigenvalue weighted by molar-refractivity contribution is -0.137. The van der Waals surface area contributed by atoms with Crippen LogP contribution in [0.2, 0.25) is 0 Å². The van der Waals surface area contributed by atoms with Crippen LogP contribution in [0.1, 0.15) is 29.2 Å². The zero-order valence-corrected chi connectivity index (χ0v) is 22.1. The van der Waals surface area contributed by atoms with Gasteiger partial charge < -0.3 is 19.5 Å². The van der Waals surface area contributed by atoms with E-state index in [1.807, 2.05) is 0 Å². The van der Waals surface area contributed by atoms with Gasteiger partial charge in [0.25, 0.3) is 5.91 Å². The SMILES string of the molecule is CN(C)C(=O)[C@@]1(Cc2ccccc2N=[N+]=[N-])N=C(c2ccc(OCCCO)cc2)O[C@H]1c1ccccc1N=[N+]=[N-]. The van der Waals surface area contributed by atoms with E-state index in [4.69, 9.17) is 25.1 Å². The average molecular weight is 541 g/mol. The molecular formula is C28H28N8O4. The first-order chi connectivity index (χ1) is 19.4. The molecule has 3 aromatic carbocycles. The summed E-state index contributed by atoms with van der Waals surface area (Å²) in [5.74, 6) is 0.488. The molecule has 12 nitrogen and oxygen atoms in total. The normalized spacial score (nSPS) is 17.6. The third-order valence-corrected chi connectivity index (χ3v) is 6.39. The summed E-state index contributed by atoms with van der Waals surface area (Å²) < 4.78 is 12.1. The van der Waals surface area contributed by atoms with Crippen molar-refractivity contribution >= 4 is 23.2 Å². The number of carbonyl (C=O) groups is 1. The zero-order chi connectivity index (χ0) is 28.5. The molecule has 204 valence electrons. The van der Waals surface area contributed by atoms with Crippen LogP contribution in [0.5, 0.6) is 5.75 Å². The van der Waals surface area contributed by atoms with Crippen molar-refractivity contribution < 1.29 is 19.4 Å². The molecule has 0 saturated heterocycles. The van der Waals surface area contributed by atoms with Crippen LogP contribution in [0, 0.1) is 0 Å². The molecule has 3 aromatic rings. The molecule has 4 rings (SSSR count). The van der Waals surface area contributed by atoms with Gasteiger partial charge in [-0.3, -0.25) is 4.79 Å². The number of likely N-dealkylation sites (N-methyl/N-ethyl adjacent to an activating group) is 1. The van der Waals surface area contributed by atoms with E-state index >= 15 is 0 Å². The number of carbonyl (C=O) groups excluding carboxylic acids is 1. The first-order valence-electron chi connectivity index (χ1n) is 12.5. The van der Waals surface area contributed by atoms with E-state index < -0.39 is 11.6 Å². The Morgan fingerprint density at radius 2 is 1.68 bits per heavy atom. The van der Waals surface area contributed by atoms with Gasteiger partial charge in [-0.2, -0.15) is 0 Å². The molecule has 12 heteroatoms. The fourth-order valence-electron chi connectivity index (χ4n) is 4.58. The molecule has 1 aliphatic heterocycles. The Labute approximate surface area is 230 Å². The van der Waals surface area contributed by atoms with Crippen molar-refractivity contribution in [2.75, 3.05) is 27.3 Å². The Morgan fingerprint density at radius 1 is 1.02 bits per heavy atom. The highest BCUT2D eigenvalue weighted by atomic mass is 16.5. The maximum atomic E-state index is 14.1. The van der Waals surface area contributed by atoms with E-state index in [9.17, 15) is 10.3 Å². The van der Waals surface area contributed by atoms with Crippen molar-refractivity contribution in [1.82, 2.24) is 4.90 Å². The Balaban J connectivity index is 1.88. The van der Waals surface area contributed by atoms with Crippen LogP contribution in [0.3, 0.4) is 0 Å². The predicted octanol–water partition coefficient (Wildman–Crippen LogP) is 5.92. The number of ether oxygens (including phenoxy) is 2. The average Bonchev–Trinajstić information content (AvgIpc) is 3.34. The van der Waals surface area contributed by atoms with Gasteiger partial charge in [-0.15, -0.1) is 0 Å². The molecule has 1 amide bonds. The summed E-state index contributed by atoms with van der Waals surface area (Å²) in [6, 6.07) is 20.9. The first-order valence-corrected chi connectivity index (χ1v) is 12.5. The number of aliphatic hydroxyl groups excluding tert-OH is 1. The highest BCUT2D eigenvalue weighted by Gasteiger charge is 2.54. The number of benzene rings is 3. The van der Waals surface area contributed by atoms with Crippen LogP contribution in [0.25, 0.3) is 20.9 Å². The van der Waals surface area contributed by atoms with Crippen LogP contribution in [0.15, 0.2) is 88.0 Å². The summed E-state index contributed by atoms with van der Waals surface area (Å²) in [6.07, 6.45) is -0.421. The summed E-state index contributed by atoms with van der Waals surface area (Å²) >= 11 is 0. The lowest BCUT2D eigenvalue weighted by atomic mass is 9.81. The molecular weight excluding hydrogens is 512 g/mol. The Kier molecular flexibility index (Phi) is 8.88. The van der Waals surface area contributed by atoms with Gasteiger partial charge >= 0.3 is 0 Å². The zero-order valence-electron chi connectivity index (χ0n) is 22.1. The van der Waals surface area contributed by atoms with E-state index in [1.54, 1.807) is 86.9 Å². The van der Waals surface area contributed by atoms with Crippen LogP contribution in [-0.2, 0) is 16.0 Å². The van der Waals surface area contributed by atoms with Gasteiger partial charge in [0.15, 0.2) is 11.6 Å². The molecule has 0 fully saturated rings. The van der Waals surface area contributed by atoms with Gasteiger partial charge in [0, 0.05) is 65.9 Å². The van der Waals surface area contributed by atoms with Gasteiger partial charge in [-0.1, -0.05) is 58.8 Å². The number of azide groups is 2. The summed E-state index contributed by atoms with van der Waals surface area (Å²) in [5, 5.41) is 16.7. The quantitative estimate of drug-likeness (QED) is 0.138. The molecule has 0 aliphatic carbocycles. The van der Waals surface area contributed by atoms with Gasteiger partial charge in [-0.05, 0) is 40.9 Å². The van der Waals surface area contributed by atoms with Crippen LogP contribution in [0.4, 0.5) is 11.4 Å². The smallest absolute Gasteiger partial charge is 0.254 e. The van der Waals surface area contributed by atoms with Crippen molar-refractivity contribution in [1.29, 1.82) is 0 Å². The standard InChI is InChI=1S/C28H28N8O4/c1-36(2)27(38)28(18-20-8-3-5-10-23(20)32-34-29)25(22-9-4-6-11-24(22)33-35-30)40-26(31-28)19-12-14-21(15-13-19)39-17-7-16-37/h3-6,8-15,25,37H,7,16-18H2,1-2H3/t25-,28-/m0/s1. The number of aliphatic imine (C=N–C) groups is 1. The van der Waals surface area contributed by atoms with Crippen LogP contribution >= 0.6 is 0 Å². The third kappa shape index (κ3) is 5.84. The molecule has 0 bridgehead atoms. The van der Waals surface area contributed by atoms with E-state index in [-0.39, 0.29) is 24.8 Å². The Bertz CT molecular complexity index is 1490. The number of amides is 1. The molecule has 0 radical (unpaired) electrons. The van der Waals surface area contributed by atoms with Gasteiger partial charge in [0.1, 0.15) is 5.75 Å². The molecule has 0 spiro atoms. The highest BCUT2D eigenvalue weighted by molar-refractivity contribution is 6.01. The lowest BCUT2D eigenvalue weighted by Crippen LogP contribution is -2.49. The predicted molar refractivity (Wildman–Crippen MR) is 150 cm³/mol. The van der Waals surface area contributed by atoms with Crippen molar-refractivity contribution in [2.24, 2.45) is 15.2 Å². The summed E-state index contributed by atoms with van der Waals surface area (Å²) in [7, 11) is 3.26. The number of rotatable bonds is 11. The minimum absolute atomic E-state index is 0.0340. The highest BCUT2D eigenvalue weighted by Crippen LogP contribution is 2.46. The monoisotopic (exact) mass is 540 g/mol. The Hall–Kier alpha value is -5.02. The van der Waals surface area contributed by atoms with E-state index in [2.05, 4.69) is 20.1 Å². The molecule has 2 atom stereocenters. The molecule has 1 aliphatic rings. The van der Waals surface area contributed by atoms with Crippen LogP contribution < -0.4 is 4.74 Å². The van der Waals surface area contributed by atoms with Gasteiger partial charge in [0.05, 0.1) is 6.61 Å². The van der Waals surface area contributed by atoms with Crippen molar-refractivity contribution in [3.63, 3.8) is 0 Å². The van der Waals surface area contributed by atoms with Crippen molar-refractivity contribution in [3.05, 3.63) is 110 Å². The minimum atomic E-state index is -1.53. The second kappa shape index (κ2) is 12.7. The third-order valence-electron chi connectivity index (χ3n) is 6.39. The fourth-order valence-corrected chi connectivity index (χ4v) is 4.58.